The molecule has 104 valence electrons. The lowest BCUT2D eigenvalue weighted by Crippen LogP contribution is -2.68. The van der Waals surface area contributed by atoms with Crippen LogP contribution in [0.4, 0.5) is 0 Å². The molecule has 0 saturated carbocycles. The molecule has 1 aromatic rings. The average molecular weight is 278 g/mol. The molecule has 0 N–H and O–H groups in total. The van der Waals surface area contributed by atoms with Gasteiger partial charge in [0.25, 0.3) is 0 Å². The molecule has 18 heavy (non-hydrogen) atoms. The van der Waals surface area contributed by atoms with E-state index in [1.807, 2.05) is 0 Å². The Balaban J connectivity index is 0.000000494. The maximum Gasteiger partial charge on any atom is 0.181 e. The molecule has 0 aliphatic rings. The summed E-state index contributed by atoms with van der Waals surface area (Å²) < 4.78 is 36.2. The highest BCUT2D eigenvalue weighted by molar-refractivity contribution is 5.29. The normalized spacial score (nSPS) is 11.3. The van der Waals surface area contributed by atoms with Gasteiger partial charge in [0.05, 0.1) is 0 Å². The first-order chi connectivity index (χ1) is 7.95. The number of halogens is 1. The number of hydrogen-bond acceptors (Lipinski definition) is 4. The summed E-state index contributed by atoms with van der Waals surface area (Å²) in [5.74, 6) is 0.617. The molecule has 1 rings (SSSR count). The second kappa shape index (κ2) is 6.45. The fourth-order valence-electron chi connectivity index (χ4n) is 2.09. The third-order valence-corrected chi connectivity index (χ3v) is 2.85. The van der Waals surface area contributed by atoms with Crippen LogP contribution >= 0.6 is 0 Å². The van der Waals surface area contributed by atoms with Gasteiger partial charge in [-0.1, -0.05) is 13.8 Å². The van der Waals surface area contributed by atoms with Crippen LogP contribution in [0.3, 0.4) is 0 Å². The topological polar surface area (TPSA) is 96.1 Å². The van der Waals surface area contributed by atoms with Crippen molar-refractivity contribution in [2.24, 2.45) is 7.05 Å². The Hall–Kier alpha value is -0.720. The zero-order valence-corrected chi connectivity index (χ0v) is 12.4. The van der Waals surface area contributed by atoms with Crippen LogP contribution in [-0.4, -0.2) is 0 Å². The van der Waals surface area contributed by atoms with E-state index in [4.69, 9.17) is 18.6 Å². The van der Waals surface area contributed by atoms with Crippen molar-refractivity contribution in [2.45, 2.75) is 40.5 Å². The molecule has 1 heterocycles. The molecular formula is C12H20ClNO4. The van der Waals surface area contributed by atoms with Crippen LogP contribution < -0.4 is 23.2 Å². The average Bonchev–Trinajstić information content (AvgIpc) is 2.10. The van der Waals surface area contributed by atoms with Crippen LogP contribution in [0.1, 0.15) is 42.3 Å². The minimum absolute atomic E-state index is 0.617. The van der Waals surface area contributed by atoms with E-state index in [9.17, 15) is 0 Å². The molecule has 0 radical (unpaired) electrons. The number of aromatic nitrogens is 1. The van der Waals surface area contributed by atoms with E-state index in [1.165, 1.54) is 22.5 Å². The van der Waals surface area contributed by atoms with E-state index < -0.39 is 10.2 Å². The number of rotatable bonds is 1. The summed E-state index contributed by atoms with van der Waals surface area (Å²) in [5.41, 5.74) is 5.64. The summed E-state index contributed by atoms with van der Waals surface area (Å²) in [7, 11) is -2.81. The van der Waals surface area contributed by atoms with Crippen molar-refractivity contribution in [3.05, 3.63) is 28.6 Å². The molecule has 5 nitrogen and oxygen atoms in total. The molecule has 0 bridgehead atoms. The van der Waals surface area contributed by atoms with Crippen LogP contribution in [-0.2, 0) is 7.05 Å². The van der Waals surface area contributed by atoms with Gasteiger partial charge in [-0.2, -0.15) is 0 Å². The van der Waals surface area contributed by atoms with Gasteiger partial charge in [-0.3, -0.25) is 0 Å². The molecule has 0 aliphatic heterocycles. The Kier molecular flexibility index (Phi) is 6.19. The third-order valence-electron chi connectivity index (χ3n) is 2.85. The van der Waals surface area contributed by atoms with Crippen LogP contribution in [0, 0.1) is 31.0 Å². The summed E-state index contributed by atoms with van der Waals surface area (Å²) in [5, 5.41) is 0. The van der Waals surface area contributed by atoms with Gasteiger partial charge in [-0.05, 0) is 18.4 Å². The van der Waals surface area contributed by atoms with Crippen molar-refractivity contribution in [1.29, 1.82) is 0 Å². The quantitative estimate of drug-likeness (QED) is 0.545. The van der Waals surface area contributed by atoms with Gasteiger partial charge in [0.2, 0.25) is 0 Å². The first kappa shape index (κ1) is 17.3. The van der Waals surface area contributed by atoms with Crippen molar-refractivity contribution in [3.63, 3.8) is 0 Å². The fourth-order valence-corrected chi connectivity index (χ4v) is 2.09. The maximum absolute atomic E-state index is 8.49. The van der Waals surface area contributed by atoms with E-state index in [0.29, 0.717) is 5.92 Å². The highest BCUT2D eigenvalue weighted by Crippen LogP contribution is 2.20. The third kappa shape index (κ3) is 5.75. The first-order valence-electron chi connectivity index (χ1n) is 5.53. The molecule has 0 saturated heterocycles. The van der Waals surface area contributed by atoms with Crippen molar-refractivity contribution < 1.29 is 33.4 Å². The molecule has 0 fully saturated rings. The highest BCUT2D eigenvalue weighted by Gasteiger charge is 2.16. The Morgan fingerprint density at radius 1 is 1.06 bits per heavy atom. The number of hydrogen-bond donors (Lipinski definition) is 0. The summed E-state index contributed by atoms with van der Waals surface area (Å²) in [6.45, 7) is 11.1. The van der Waals surface area contributed by atoms with E-state index in [-0.39, 0.29) is 0 Å². The van der Waals surface area contributed by atoms with Gasteiger partial charge in [-0.15, -0.1) is 10.2 Å². The lowest BCUT2D eigenvalue weighted by molar-refractivity contribution is -2.00. The molecule has 0 aromatic carbocycles. The van der Waals surface area contributed by atoms with Gasteiger partial charge < -0.3 is 0 Å². The second-order valence-corrected chi connectivity index (χ2v) is 5.32. The minimum atomic E-state index is -4.94. The predicted octanol–water partition coefficient (Wildman–Crippen LogP) is -2.20. The van der Waals surface area contributed by atoms with Gasteiger partial charge in [0.15, 0.2) is 11.4 Å². The maximum atomic E-state index is 8.49. The number of aryl methyl sites for hydroxylation is 2. The number of nitrogens with zero attached hydrogens (tertiary/aromatic N) is 1. The molecule has 0 aliphatic carbocycles. The van der Waals surface area contributed by atoms with Crippen molar-refractivity contribution >= 4 is 0 Å². The van der Waals surface area contributed by atoms with Crippen molar-refractivity contribution in [2.75, 3.05) is 0 Å². The smallest absolute Gasteiger partial charge is 0.181 e. The molecule has 6 heteroatoms. The van der Waals surface area contributed by atoms with Crippen molar-refractivity contribution in [3.8, 4) is 0 Å². The lowest BCUT2D eigenvalue weighted by atomic mass is 9.96. The minimum Gasteiger partial charge on any atom is -0.222 e. The number of pyridine rings is 1. The van der Waals surface area contributed by atoms with Gasteiger partial charge in [-0.25, -0.2) is 23.2 Å². The first-order valence-corrected chi connectivity index (χ1v) is 6.77. The van der Waals surface area contributed by atoms with Crippen LogP contribution in [0.25, 0.3) is 0 Å². The van der Waals surface area contributed by atoms with Crippen molar-refractivity contribution in [1.82, 2.24) is 0 Å². The zero-order valence-electron chi connectivity index (χ0n) is 11.6. The molecule has 0 atom stereocenters. The second-order valence-electron chi connectivity index (χ2n) is 4.56. The summed E-state index contributed by atoms with van der Waals surface area (Å²) in [6, 6.07) is 2.27. The van der Waals surface area contributed by atoms with Gasteiger partial charge in [0, 0.05) is 25.5 Å². The van der Waals surface area contributed by atoms with Crippen LogP contribution in [0.5, 0.6) is 0 Å². The van der Waals surface area contributed by atoms with E-state index in [1.54, 1.807) is 0 Å². The van der Waals surface area contributed by atoms with Crippen LogP contribution in [0.15, 0.2) is 6.07 Å². The molecular weight excluding hydrogens is 258 g/mol. The predicted molar refractivity (Wildman–Crippen MR) is 55.9 cm³/mol. The monoisotopic (exact) mass is 277 g/mol. The summed E-state index contributed by atoms with van der Waals surface area (Å²) >= 11 is 0. The summed E-state index contributed by atoms with van der Waals surface area (Å²) in [4.78, 5) is 0. The lowest BCUT2D eigenvalue weighted by Gasteiger charge is -2.17. The Morgan fingerprint density at radius 2 is 1.44 bits per heavy atom. The molecule has 1 aromatic heterocycles. The highest BCUT2D eigenvalue weighted by atomic mass is 35.7. The zero-order chi connectivity index (χ0) is 14.7. The Labute approximate surface area is 110 Å². The Bertz CT molecular complexity index is 408. The molecule has 0 spiro atoms. The summed E-state index contributed by atoms with van der Waals surface area (Å²) in [6.07, 6.45) is 0. The van der Waals surface area contributed by atoms with E-state index in [0.717, 1.165) is 0 Å². The fraction of sp³-hybridized carbons (Fsp3) is 0.583. The van der Waals surface area contributed by atoms with Gasteiger partial charge >= 0.3 is 0 Å². The van der Waals surface area contributed by atoms with Crippen LogP contribution in [0.2, 0.25) is 0 Å². The Morgan fingerprint density at radius 3 is 1.78 bits per heavy atom. The SMILES string of the molecule is Cc1cc(C)[n+](C)c(C)c1C(C)C.[O-][Cl+3]([O-])([O-])[O-]. The van der Waals surface area contributed by atoms with Gasteiger partial charge in [0.1, 0.15) is 7.05 Å². The largest absolute Gasteiger partial charge is 0.222 e. The molecule has 0 amide bonds. The molecule has 0 unspecified atom stereocenters. The standard InChI is InChI=1S/C12H20N.ClHO4/c1-8(2)12-9(3)7-10(4)13(6)11(12)5;2-1(3,4)5/h7-8H,1-6H3;(H,2,3,4,5)/q+1;/p-1. The van der Waals surface area contributed by atoms with E-state index >= 15 is 0 Å². The van der Waals surface area contributed by atoms with E-state index in [2.05, 4.69) is 52.3 Å².